The van der Waals surface area contributed by atoms with Gasteiger partial charge in [-0.3, -0.25) is 4.79 Å². The normalized spacial score (nSPS) is 11.7. The fourth-order valence-corrected chi connectivity index (χ4v) is 2.14. The minimum atomic E-state index is -4.46. The number of aryl methyl sites for hydroxylation is 1. The number of carbonyl (C=O) groups is 1. The van der Waals surface area contributed by atoms with E-state index in [0.29, 0.717) is 11.3 Å². The van der Waals surface area contributed by atoms with E-state index in [-0.39, 0.29) is 11.3 Å². The second kappa shape index (κ2) is 6.69. The lowest BCUT2D eigenvalue weighted by molar-refractivity contribution is -0.137. The molecular weight excluding hydrogens is 305 g/mol. The number of hydrogen-bond acceptors (Lipinski definition) is 2. The van der Waals surface area contributed by atoms with Gasteiger partial charge in [-0.15, -0.1) is 0 Å². The SMILES string of the molecule is COc1cc(C(=O)/C=C/c2ccccc2C(F)(F)F)ccc1C. The summed E-state index contributed by atoms with van der Waals surface area (Å²) in [6, 6.07) is 10.0. The molecule has 2 aromatic carbocycles. The highest BCUT2D eigenvalue weighted by atomic mass is 19.4. The smallest absolute Gasteiger partial charge is 0.416 e. The van der Waals surface area contributed by atoms with Gasteiger partial charge in [0.25, 0.3) is 0 Å². The number of halogens is 3. The van der Waals surface area contributed by atoms with E-state index in [4.69, 9.17) is 4.74 Å². The maximum absolute atomic E-state index is 12.9. The number of carbonyl (C=O) groups excluding carboxylic acids is 1. The van der Waals surface area contributed by atoms with Crippen molar-refractivity contribution in [1.82, 2.24) is 0 Å². The van der Waals surface area contributed by atoms with Crippen molar-refractivity contribution < 1.29 is 22.7 Å². The number of methoxy groups -OCH3 is 1. The van der Waals surface area contributed by atoms with Gasteiger partial charge in [0.05, 0.1) is 12.7 Å². The van der Waals surface area contributed by atoms with Gasteiger partial charge in [-0.2, -0.15) is 13.2 Å². The third-order valence-electron chi connectivity index (χ3n) is 3.37. The maximum atomic E-state index is 12.9. The summed E-state index contributed by atoms with van der Waals surface area (Å²) in [6.45, 7) is 1.84. The van der Waals surface area contributed by atoms with Gasteiger partial charge in [0.15, 0.2) is 5.78 Å². The Balaban J connectivity index is 2.29. The predicted molar refractivity (Wildman–Crippen MR) is 82.5 cm³/mol. The molecule has 0 unspecified atom stereocenters. The lowest BCUT2D eigenvalue weighted by atomic mass is 10.0. The average molecular weight is 320 g/mol. The Labute approximate surface area is 132 Å². The summed E-state index contributed by atoms with van der Waals surface area (Å²) in [5, 5.41) is 0. The molecule has 2 nitrogen and oxygen atoms in total. The Morgan fingerprint density at radius 1 is 1.13 bits per heavy atom. The topological polar surface area (TPSA) is 26.3 Å². The van der Waals surface area contributed by atoms with E-state index >= 15 is 0 Å². The Morgan fingerprint density at radius 3 is 2.48 bits per heavy atom. The third-order valence-corrected chi connectivity index (χ3v) is 3.37. The maximum Gasteiger partial charge on any atom is 0.416 e. The molecule has 0 aliphatic rings. The van der Waals surface area contributed by atoms with Gasteiger partial charge in [0, 0.05) is 5.56 Å². The summed E-state index contributed by atoms with van der Waals surface area (Å²) in [5.74, 6) is 0.167. The summed E-state index contributed by atoms with van der Waals surface area (Å²) in [6.07, 6.45) is -2.15. The molecule has 0 N–H and O–H groups in total. The van der Waals surface area contributed by atoms with Crippen molar-refractivity contribution in [2.75, 3.05) is 7.11 Å². The number of benzene rings is 2. The van der Waals surface area contributed by atoms with E-state index < -0.39 is 11.7 Å². The summed E-state index contributed by atoms with van der Waals surface area (Å²) >= 11 is 0. The van der Waals surface area contributed by atoms with Gasteiger partial charge in [-0.1, -0.05) is 36.4 Å². The Morgan fingerprint density at radius 2 is 1.83 bits per heavy atom. The number of allylic oxidation sites excluding steroid dienone is 1. The molecule has 23 heavy (non-hydrogen) atoms. The largest absolute Gasteiger partial charge is 0.496 e. The van der Waals surface area contributed by atoms with Crippen molar-refractivity contribution in [2.24, 2.45) is 0 Å². The minimum absolute atomic E-state index is 0.0487. The predicted octanol–water partition coefficient (Wildman–Crippen LogP) is 4.92. The van der Waals surface area contributed by atoms with Crippen LogP contribution in [-0.4, -0.2) is 12.9 Å². The van der Waals surface area contributed by atoms with Crippen molar-refractivity contribution in [2.45, 2.75) is 13.1 Å². The van der Waals surface area contributed by atoms with Crippen LogP contribution in [0.5, 0.6) is 5.75 Å². The molecule has 0 aliphatic carbocycles. The highest BCUT2D eigenvalue weighted by Gasteiger charge is 2.32. The van der Waals surface area contributed by atoms with E-state index in [1.54, 1.807) is 18.2 Å². The molecule has 0 saturated heterocycles. The van der Waals surface area contributed by atoms with Crippen molar-refractivity contribution >= 4 is 11.9 Å². The molecule has 0 radical (unpaired) electrons. The van der Waals surface area contributed by atoms with Crippen LogP contribution in [0.1, 0.15) is 27.0 Å². The van der Waals surface area contributed by atoms with Gasteiger partial charge in [-0.05, 0) is 36.3 Å². The average Bonchev–Trinajstić information content (AvgIpc) is 2.52. The van der Waals surface area contributed by atoms with Crippen LogP contribution in [-0.2, 0) is 6.18 Å². The monoisotopic (exact) mass is 320 g/mol. The first-order chi connectivity index (χ1) is 10.8. The van der Waals surface area contributed by atoms with Crippen LogP contribution in [0, 0.1) is 6.92 Å². The molecule has 2 rings (SSSR count). The molecule has 5 heteroatoms. The minimum Gasteiger partial charge on any atom is -0.496 e. The van der Waals surface area contributed by atoms with Crippen LogP contribution in [0.3, 0.4) is 0 Å². The van der Waals surface area contributed by atoms with Gasteiger partial charge in [-0.25, -0.2) is 0 Å². The van der Waals surface area contributed by atoms with Gasteiger partial charge >= 0.3 is 6.18 Å². The van der Waals surface area contributed by atoms with Crippen molar-refractivity contribution in [1.29, 1.82) is 0 Å². The number of hydrogen-bond donors (Lipinski definition) is 0. The molecule has 2 aromatic rings. The quantitative estimate of drug-likeness (QED) is 0.590. The molecule has 0 amide bonds. The summed E-state index contributed by atoms with van der Waals surface area (Å²) in [4.78, 5) is 12.1. The van der Waals surface area contributed by atoms with Crippen molar-refractivity contribution in [3.8, 4) is 5.75 Å². The van der Waals surface area contributed by atoms with Crippen molar-refractivity contribution in [3.63, 3.8) is 0 Å². The molecule has 0 bridgehead atoms. The van der Waals surface area contributed by atoms with E-state index in [0.717, 1.165) is 17.7 Å². The van der Waals surface area contributed by atoms with E-state index in [1.165, 1.54) is 31.4 Å². The molecule has 0 aromatic heterocycles. The molecule has 0 heterocycles. The Kier molecular flexibility index (Phi) is 4.89. The number of ketones is 1. The zero-order valence-electron chi connectivity index (χ0n) is 12.6. The molecule has 0 aliphatic heterocycles. The summed E-state index contributed by atoms with van der Waals surface area (Å²) in [7, 11) is 1.49. The molecule has 0 spiro atoms. The zero-order chi connectivity index (χ0) is 17.0. The highest BCUT2D eigenvalue weighted by Crippen LogP contribution is 2.32. The van der Waals surface area contributed by atoms with Gasteiger partial charge < -0.3 is 4.74 Å². The fourth-order valence-electron chi connectivity index (χ4n) is 2.14. The Bertz CT molecular complexity index is 746. The zero-order valence-corrected chi connectivity index (χ0v) is 12.6. The van der Waals surface area contributed by atoms with E-state index in [2.05, 4.69) is 0 Å². The molecular formula is C18H15F3O2. The van der Waals surface area contributed by atoms with Crippen LogP contribution < -0.4 is 4.74 Å². The van der Waals surface area contributed by atoms with Crippen LogP contribution in [0.4, 0.5) is 13.2 Å². The summed E-state index contributed by atoms with van der Waals surface area (Å²) < 4.78 is 43.8. The number of ether oxygens (including phenoxy) is 1. The first kappa shape index (κ1) is 16.8. The second-order valence-electron chi connectivity index (χ2n) is 4.97. The lowest BCUT2D eigenvalue weighted by Crippen LogP contribution is -2.07. The standard InChI is InChI=1S/C18H15F3O2/c1-12-7-8-14(11-17(12)23-2)16(22)10-9-13-5-3-4-6-15(13)18(19,20)21/h3-11H,1-2H3/b10-9+. The van der Waals surface area contributed by atoms with E-state index in [9.17, 15) is 18.0 Å². The number of alkyl halides is 3. The highest BCUT2D eigenvalue weighted by molar-refractivity contribution is 6.07. The molecule has 0 atom stereocenters. The van der Waals surface area contributed by atoms with Crippen LogP contribution in [0.2, 0.25) is 0 Å². The Hall–Kier alpha value is -2.56. The first-order valence-corrected chi connectivity index (χ1v) is 6.86. The van der Waals surface area contributed by atoms with Crippen LogP contribution in [0.25, 0.3) is 6.08 Å². The summed E-state index contributed by atoms with van der Waals surface area (Å²) in [5.41, 5.74) is 0.404. The van der Waals surface area contributed by atoms with Gasteiger partial charge in [0.2, 0.25) is 0 Å². The van der Waals surface area contributed by atoms with Crippen molar-refractivity contribution in [3.05, 3.63) is 70.8 Å². The van der Waals surface area contributed by atoms with Crippen LogP contribution in [0.15, 0.2) is 48.5 Å². The fraction of sp³-hybridized carbons (Fsp3) is 0.167. The molecule has 120 valence electrons. The molecule has 0 saturated carbocycles. The number of rotatable bonds is 4. The van der Waals surface area contributed by atoms with E-state index in [1.807, 2.05) is 6.92 Å². The third kappa shape index (κ3) is 4.00. The first-order valence-electron chi connectivity index (χ1n) is 6.86. The van der Waals surface area contributed by atoms with Gasteiger partial charge in [0.1, 0.15) is 5.75 Å². The second-order valence-corrected chi connectivity index (χ2v) is 4.97. The molecule has 0 fully saturated rings. The lowest BCUT2D eigenvalue weighted by Gasteiger charge is -2.09. The van der Waals surface area contributed by atoms with Crippen LogP contribution >= 0.6 is 0 Å².